The molecule has 1 heterocycles. The van der Waals surface area contributed by atoms with E-state index in [0.29, 0.717) is 15.6 Å². The van der Waals surface area contributed by atoms with Crippen LogP contribution in [0.2, 0.25) is 0 Å². The normalized spacial score (nSPS) is 12.0. The average molecular weight is 340 g/mol. The fourth-order valence-electron chi connectivity index (χ4n) is 2.41. The van der Waals surface area contributed by atoms with Crippen LogP contribution in [0.25, 0.3) is 10.6 Å². The molecule has 0 fully saturated rings. The van der Waals surface area contributed by atoms with Gasteiger partial charge in [-0.05, 0) is 43.7 Å². The molecular formula is C19H17FN2OS. The molecule has 1 atom stereocenters. The second kappa shape index (κ2) is 6.93. The quantitative estimate of drug-likeness (QED) is 0.745. The van der Waals surface area contributed by atoms with Crippen molar-refractivity contribution in [2.75, 3.05) is 0 Å². The Morgan fingerprint density at radius 3 is 2.46 bits per heavy atom. The average Bonchev–Trinajstić information content (AvgIpc) is 2.98. The van der Waals surface area contributed by atoms with Crippen LogP contribution in [0.5, 0.6) is 0 Å². The third kappa shape index (κ3) is 3.51. The van der Waals surface area contributed by atoms with Crippen molar-refractivity contribution in [3.8, 4) is 10.6 Å². The zero-order valence-electron chi connectivity index (χ0n) is 13.4. The molecular weight excluding hydrogens is 323 g/mol. The molecule has 0 saturated heterocycles. The summed E-state index contributed by atoms with van der Waals surface area (Å²) in [4.78, 5) is 17.6. The monoisotopic (exact) mass is 340 g/mol. The predicted molar refractivity (Wildman–Crippen MR) is 94.6 cm³/mol. The van der Waals surface area contributed by atoms with Gasteiger partial charge in [0.2, 0.25) is 0 Å². The van der Waals surface area contributed by atoms with Gasteiger partial charge in [0.1, 0.15) is 15.7 Å². The maximum Gasteiger partial charge on any atom is 0.263 e. The van der Waals surface area contributed by atoms with E-state index in [4.69, 9.17) is 0 Å². The van der Waals surface area contributed by atoms with Gasteiger partial charge in [0, 0.05) is 5.56 Å². The van der Waals surface area contributed by atoms with Gasteiger partial charge in [-0.1, -0.05) is 30.3 Å². The van der Waals surface area contributed by atoms with Crippen molar-refractivity contribution in [3.05, 3.63) is 76.5 Å². The number of aromatic nitrogens is 1. The maximum atomic E-state index is 13.0. The summed E-state index contributed by atoms with van der Waals surface area (Å²) in [5.41, 5.74) is 2.53. The second-order valence-corrected chi connectivity index (χ2v) is 6.55. The number of carbonyl (C=O) groups excluding carboxylic acids is 1. The van der Waals surface area contributed by atoms with Gasteiger partial charge in [-0.2, -0.15) is 0 Å². The minimum atomic E-state index is -0.290. The van der Waals surface area contributed by atoms with Crippen molar-refractivity contribution in [2.24, 2.45) is 0 Å². The minimum absolute atomic E-state index is 0.0885. The number of thiazole rings is 1. The van der Waals surface area contributed by atoms with Crippen LogP contribution in [0.4, 0.5) is 4.39 Å². The summed E-state index contributed by atoms with van der Waals surface area (Å²) in [5.74, 6) is -0.434. The Morgan fingerprint density at radius 1 is 1.12 bits per heavy atom. The van der Waals surface area contributed by atoms with Crippen LogP contribution in [0.15, 0.2) is 54.6 Å². The van der Waals surface area contributed by atoms with Crippen molar-refractivity contribution in [3.63, 3.8) is 0 Å². The lowest BCUT2D eigenvalue weighted by atomic mass is 10.1. The number of rotatable bonds is 4. The number of nitrogens with one attached hydrogen (secondary N) is 1. The Bertz CT molecular complexity index is 844. The Morgan fingerprint density at radius 2 is 1.79 bits per heavy atom. The molecule has 0 radical (unpaired) electrons. The molecule has 0 aliphatic rings. The first-order chi connectivity index (χ1) is 11.5. The molecule has 3 nitrogen and oxygen atoms in total. The third-order valence-electron chi connectivity index (χ3n) is 3.74. The number of amides is 1. The second-order valence-electron chi connectivity index (χ2n) is 5.55. The van der Waals surface area contributed by atoms with Crippen LogP contribution in [-0.4, -0.2) is 10.9 Å². The molecule has 2 aromatic carbocycles. The number of hydrogen-bond donors (Lipinski definition) is 1. The van der Waals surface area contributed by atoms with Crippen molar-refractivity contribution >= 4 is 17.2 Å². The molecule has 1 unspecified atom stereocenters. The summed E-state index contributed by atoms with van der Waals surface area (Å²) in [6.07, 6.45) is 0. The number of halogens is 1. The number of benzene rings is 2. The van der Waals surface area contributed by atoms with Crippen LogP contribution < -0.4 is 5.32 Å². The maximum absolute atomic E-state index is 13.0. The molecule has 122 valence electrons. The van der Waals surface area contributed by atoms with Gasteiger partial charge in [-0.3, -0.25) is 4.79 Å². The molecule has 0 aliphatic carbocycles. The van der Waals surface area contributed by atoms with Gasteiger partial charge in [-0.25, -0.2) is 9.37 Å². The minimum Gasteiger partial charge on any atom is -0.345 e. The van der Waals surface area contributed by atoms with Crippen LogP contribution in [0.1, 0.15) is 33.9 Å². The summed E-state index contributed by atoms with van der Waals surface area (Å²) in [5, 5.41) is 3.71. The first kappa shape index (κ1) is 16.3. The summed E-state index contributed by atoms with van der Waals surface area (Å²) in [6.45, 7) is 3.76. The lowest BCUT2D eigenvalue weighted by Crippen LogP contribution is -2.26. The molecule has 1 amide bonds. The summed E-state index contributed by atoms with van der Waals surface area (Å²) < 4.78 is 13.0. The van der Waals surface area contributed by atoms with Gasteiger partial charge >= 0.3 is 0 Å². The Hall–Kier alpha value is -2.53. The zero-order chi connectivity index (χ0) is 17.1. The first-order valence-corrected chi connectivity index (χ1v) is 8.45. The topological polar surface area (TPSA) is 42.0 Å². The van der Waals surface area contributed by atoms with Crippen molar-refractivity contribution in [1.82, 2.24) is 10.3 Å². The lowest BCUT2D eigenvalue weighted by molar-refractivity contribution is 0.0943. The molecule has 3 rings (SSSR count). The highest BCUT2D eigenvalue weighted by Gasteiger charge is 2.18. The van der Waals surface area contributed by atoms with E-state index >= 15 is 0 Å². The molecule has 24 heavy (non-hydrogen) atoms. The molecule has 0 aliphatic heterocycles. The molecule has 3 aromatic rings. The van der Waals surface area contributed by atoms with E-state index in [9.17, 15) is 9.18 Å². The highest BCUT2D eigenvalue weighted by atomic mass is 32.1. The van der Waals surface area contributed by atoms with E-state index in [0.717, 1.165) is 11.1 Å². The molecule has 0 bridgehead atoms. The third-order valence-corrected chi connectivity index (χ3v) is 4.95. The van der Waals surface area contributed by atoms with E-state index < -0.39 is 0 Å². The van der Waals surface area contributed by atoms with E-state index in [2.05, 4.69) is 10.3 Å². The molecule has 0 spiro atoms. The number of nitrogens with zero attached hydrogens (tertiary/aromatic N) is 1. The van der Waals surface area contributed by atoms with Gasteiger partial charge in [-0.15, -0.1) is 11.3 Å². The van der Waals surface area contributed by atoms with E-state index in [-0.39, 0.29) is 17.8 Å². The summed E-state index contributed by atoms with van der Waals surface area (Å²) >= 11 is 1.32. The fourth-order valence-corrected chi connectivity index (χ4v) is 3.39. The van der Waals surface area contributed by atoms with Gasteiger partial charge in [0.05, 0.1) is 11.7 Å². The fraction of sp³-hybridized carbons (Fsp3) is 0.158. The zero-order valence-corrected chi connectivity index (χ0v) is 14.2. The van der Waals surface area contributed by atoms with Crippen molar-refractivity contribution in [1.29, 1.82) is 0 Å². The number of hydrogen-bond acceptors (Lipinski definition) is 3. The molecule has 5 heteroatoms. The highest BCUT2D eigenvalue weighted by Crippen LogP contribution is 2.28. The number of aryl methyl sites for hydroxylation is 1. The van der Waals surface area contributed by atoms with Gasteiger partial charge in [0.25, 0.3) is 5.91 Å². The van der Waals surface area contributed by atoms with Crippen LogP contribution in [0.3, 0.4) is 0 Å². The van der Waals surface area contributed by atoms with Crippen molar-refractivity contribution in [2.45, 2.75) is 19.9 Å². The van der Waals surface area contributed by atoms with E-state index in [1.54, 1.807) is 12.1 Å². The highest BCUT2D eigenvalue weighted by molar-refractivity contribution is 7.17. The van der Waals surface area contributed by atoms with Crippen LogP contribution >= 0.6 is 11.3 Å². The lowest BCUT2D eigenvalue weighted by Gasteiger charge is -2.13. The van der Waals surface area contributed by atoms with Gasteiger partial charge in [0.15, 0.2) is 0 Å². The summed E-state index contributed by atoms with van der Waals surface area (Å²) in [6, 6.07) is 15.8. The molecule has 0 saturated carbocycles. The Labute approximate surface area is 144 Å². The Kier molecular flexibility index (Phi) is 4.71. The SMILES string of the molecule is Cc1nc(-c2ccc(F)cc2)sc1C(=O)NC(C)c1ccccc1. The van der Waals surface area contributed by atoms with E-state index in [1.165, 1.54) is 23.5 Å². The van der Waals surface area contributed by atoms with Gasteiger partial charge < -0.3 is 5.32 Å². The van der Waals surface area contributed by atoms with Crippen molar-refractivity contribution < 1.29 is 9.18 Å². The standard InChI is InChI=1S/C19H17FN2OS/c1-12(14-6-4-3-5-7-14)21-18(23)17-13(2)22-19(24-17)15-8-10-16(20)11-9-15/h3-12H,1-2H3,(H,21,23). The summed E-state index contributed by atoms with van der Waals surface area (Å²) in [7, 11) is 0. The predicted octanol–water partition coefficient (Wildman–Crippen LogP) is 4.75. The van der Waals surface area contributed by atoms with E-state index in [1.807, 2.05) is 44.2 Å². The van der Waals surface area contributed by atoms with Crippen LogP contribution in [0, 0.1) is 12.7 Å². The smallest absolute Gasteiger partial charge is 0.263 e. The molecule has 1 N–H and O–H groups in total. The Balaban J connectivity index is 1.79. The molecule has 1 aromatic heterocycles. The largest absolute Gasteiger partial charge is 0.345 e. The number of carbonyl (C=O) groups is 1. The van der Waals surface area contributed by atoms with Crippen LogP contribution in [-0.2, 0) is 0 Å². The first-order valence-electron chi connectivity index (χ1n) is 7.64.